The first-order chi connectivity index (χ1) is 6.38. The normalized spacial score (nSPS) is 17.5. The minimum atomic E-state index is 0.831. The van der Waals surface area contributed by atoms with Crippen molar-refractivity contribution in [1.29, 1.82) is 0 Å². The Bertz CT molecular complexity index is 290. The summed E-state index contributed by atoms with van der Waals surface area (Å²) in [5.74, 6) is 0. The summed E-state index contributed by atoms with van der Waals surface area (Å²) in [7, 11) is 0. The Balaban J connectivity index is 2.31. The fraction of sp³-hybridized carbons (Fsp3) is 0.400. The predicted octanol–water partition coefficient (Wildman–Crippen LogP) is 2.42. The molecule has 0 saturated heterocycles. The lowest BCUT2D eigenvalue weighted by Gasteiger charge is -2.22. The van der Waals surface area contributed by atoms with Crippen LogP contribution in [-0.2, 0) is 11.2 Å². The van der Waals surface area contributed by atoms with Crippen LogP contribution in [0.15, 0.2) is 24.3 Å². The van der Waals surface area contributed by atoms with Crippen LogP contribution in [0.4, 0.5) is 5.69 Å². The highest BCUT2D eigenvalue weighted by Gasteiger charge is 2.10. The van der Waals surface area contributed by atoms with Gasteiger partial charge in [-0.3, -0.25) is 0 Å². The summed E-state index contributed by atoms with van der Waals surface area (Å²) in [6, 6.07) is 8.53. The van der Waals surface area contributed by atoms with Crippen LogP contribution in [0.25, 0.3) is 0 Å². The molecule has 70 valence electrons. The van der Waals surface area contributed by atoms with Gasteiger partial charge in [0.2, 0.25) is 0 Å². The minimum Gasteiger partial charge on any atom is -0.379 e. The third-order valence-electron chi connectivity index (χ3n) is 2.20. The van der Waals surface area contributed by atoms with Gasteiger partial charge < -0.3 is 7.85 Å². The van der Waals surface area contributed by atoms with E-state index in [4.69, 9.17) is 4.74 Å². The Morgan fingerprint density at radius 1 is 1.23 bits per heavy atom. The summed E-state index contributed by atoms with van der Waals surface area (Å²) in [6.07, 6.45) is 1.02. The average Bonchev–Trinajstić information content (AvgIpc) is 2.14. The Morgan fingerprint density at radius 2 is 2.08 bits per heavy atom. The highest BCUT2D eigenvalue weighted by atomic mass is 127. The molecule has 0 unspecified atom stereocenters. The van der Waals surface area contributed by atoms with Crippen molar-refractivity contribution in [3.05, 3.63) is 29.8 Å². The van der Waals surface area contributed by atoms with Gasteiger partial charge in [-0.2, -0.15) is 0 Å². The van der Waals surface area contributed by atoms with Crippen LogP contribution in [-0.4, -0.2) is 19.8 Å². The van der Waals surface area contributed by atoms with E-state index in [0.717, 1.165) is 26.2 Å². The van der Waals surface area contributed by atoms with Crippen molar-refractivity contribution in [2.75, 3.05) is 22.9 Å². The number of halogens is 1. The molecular weight excluding hydrogens is 277 g/mol. The van der Waals surface area contributed by atoms with Crippen molar-refractivity contribution >= 4 is 28.6 Å². The highest BCUT2D eigenvalue weighted by molar-refractivity contribution is 14.1. The fourth-order valence-electron chi connectivity index (χ4n) is 1.51. The third-order valence-corrected chi connectivity index (χ3v) is 3.20. The van der Waals surface area contributed by atoms with E-state index < -0.39 is 0 Å². The molecule has 0 spiro atoms. The van der Waals surface area contributed by atoms with Crippen LogP contribution in [0.2, 0.25) is 0 Å². The first kappa shape index (κ1) is 9.27. The lowest BCUT2D eigenvalue weighted by Crippen LogP contribution is -2.21. The highest BCUT2D eigenvalue weighted by Crippen LogP contribution is 2.24. The second kappa shape index (κ2) is 4.28. The van der Waals surface area contributed by atoms with E-state index in [1.807, 2.05) is 0 Å². The molecule has 1 aromatic carbocycles. The molecule has 0 bridgehead atoms. The van der Waals surface area contributed by atoms with E-state index >= 15 is 0 Å². The van der Waals surface area contributed by atoms with E-state index in [-0.39, 0.29) is 0 Å². The summed E-state index contributed by atoms with van der Waals surface area (Å²) in [4.78, 5) is 0. The number of anilines is 1. The van der Waals surface area contributed by atoms with E-state index in [0.29, 0.717) is 0 Å². The lowest BCUT2D eigenvalue weighted by atomic mass is 10.1. The van der Waals surface area contributed by atoms with Crippen LogP contribution in [0.5, 0.6) is 0 Å². The molecule has 0 aliphatic carbocycles. The zero-order valence-corrected chi connectivity index (χ0v) is 9.53. The molecule has 3 heteroatoms. The molecule has 0 atom stereocenters. The average molecular weight is 289 g/mol. The Morgan fingerprint density at radius 3 is 3.00 bits per heavy atom. The number of hydrogen-bond acceptors (Lipinski definition) is 2. The largest absolute Gasteiger partial charge is 0.379 e. The summed E-state index contributed by atoms with van der Waals surface area (Å²) in [5.41, 5.74) is 2.73. The first-order valence-corrected chi connectivity index (χ1v) is 5.43. The van der Waals surface area contributed by atoms with Gasteiger partial charge in [-0.25, -0.2) is 0 Å². The number of ether oxygens (including phenoxy) is 1. The van der Waals surface area contributed by atoms with Crippen LogP contribution in [0, 0.1) is 0 Å². The van der Waals surface area contributed by atoms with Gasteiger partial charge in [0.25, 0.3) is 0 Å². The SMILES string of the molecule is IN1CCOCCc2ccccc21. The molecule has 0 radical (unpaired) electrons. The molecule has 0 N–H and O–H groups in total. The fourth-order valence-corrected chi connectivity index (χ4v) is 2.18. The molecule has 2 nitrogen and oxygen atoms in total. The van der Waals surface area contributed by atoms with Crippen molar-refractivity contribution in [2.45, 2.75) is 6.42 Å². The molecule has 1 aliphatic rings. The van der Waals surface area contributed by atoms with Gasteiger partial charge in [0.1, 0.15) is 0 Å². The maximum absolute atomic E-state index is 5.46. The molecule has 0 fully saturated rings. The molecule has 13 heavy (non-hydrogen) atoms. The molecular formula is C10H12INO. The van der Waals surface area contributed by atoms with Crippen molar-refractivity contribution < 1.29 is 4.74 Å². The number of benzene rings is 1. The van der Waals surface area contributed by atoms with Gasteiger partial charge in [-0.05, 0) is 18.1 Å². The van der Waals surface area contributed by atoms with Crippen LogP contribution < -0.4 is 3.11 Å². The van der Waals surface area contributed by atoms with E-state index in [1.54, 1.807) is 0 Å². The van der Waals surface area contributed by atoms with Crippen LogP contribution in [0.3, 0.4) is 0 Å². The van der Waals surface area contributed by atoms with Gasteiger partial charge in [0.05, 0.1) is 42.6 Å². The van der Waals surface area contributed by atoms with Gasteiger partial charge in [-0.15, -0.1) is 0 Å². The third kappa shape index (κ3) is 2.14. The maximum Gasteiger partial charge on any atom is 0.0650 e. The Labute approximate surface area is 92.4 Å². The lowest BCUT2D eigenvalue weighted by molar-refractivity contribution is 0.144. The van der Waals surface area contributed by atoms with E-state index in [2.05, 4.69) is 50.2 Å². The molecule has 1 aromatic rings. The summed E-state index contributed by atoms with van der Waals surface area (Å²) < 4.78 is 7.68. The monoisotopic (exact) mass is 289 g/mol. The topological polar surface area (TPSA) is 12.5 Å². The number of hydrogen-bond donors (Lipinski definition) is 0. The number of fused-ring (bicyclic) bond motifs is 1. The van der Waals surface area contributed by atoms with Crippen LogP contribution in [0.1, 0.15) is 5.56 Å². The standard InChI is InChI=1S/C10H12INO/c11-12-6-8-13-7-5-9-3-1-2-4-10(9)12/h1-4H,5-8H2. The molecule has 0 saturated carbocycles. The quantitative estimate of drug-likeness (QED) is 0.537. The zero-order chi connectivity index (χ0) is 9.10. The van der Waals surface area contributed by atoms with Crippen molar-refractivity contribution in [3.8, 4) is 0 Å². The number of para-hydroxylation sites is 1. The van der Waals surface area contributed by atoms with Gasteiger partial charge >= 0.3 is 0 Å². The number of rotatable bonds is 0. The summed E-state index contributed by atoms with van der Waals surface area (Å²) in [6.45, 7) is 2.65. The molecule has 1 aliphatic heterocycles. The Kier molecular flexibility index (Phi) is 3.05. The molecule has 2 rings (SSSR count). The maximum atomic E-state index is 5.46. The van der Waals surface area contributed by atoms with E-state index in [9.17, 15) is 0 Å². The van der Waals surface area contributed by atoms with Crippen molar-refractivity contribution in [1.82, 2.24) is 0 Å². The van der Waals surface area contributed by atoms with Crippen molar-refractivity contribution in [2.24, 2.45) is 0 Å². The summed E-state index contributed by atoms with van der Waals surface area (Å²) >= 11 is 2.34. The minimum absolute atomic E-state index is 0.831. The smallest absolute Gasteiger partial charge is 0.0650 e. The molecule has 0 aromatic heterocycles. The second-order valence-electron chi connectivity index (χ2n) is 3.08. The predicted molar refractivity (Wildman–Crippen MR) is 62.3 cm³/mol. The van der Waals surface area contributed by atoms with Gasteiger partial charge in [-0.1, -0.05) is 18.2 Å². The van der Waals surface area contributed by atoms with E-state index in [1.165, 1.54) is 11.3 Å². The second-order valence-corrected chi connectivity index (χ2v) is 4.24. The van der Waals surface area contributed by atoms with Crippen LogP contribution >= 0.6 is 22.9 Å². The first-order valence-electron chi connectivity index (χ1n) is 4.47. The van der Waals surface area contributed by atoms with Gasteiger partial charge in [0, 0.05) is 5.69 Å². The van der Waals surface area contributed by atoms with Gasteiger partial charge in [0.15, 0.2) is 0 Å². The van der Waals surface area contributed by atoms with Crippen molar-refractivity contribution in [3.63, 3.8) is 0 Å². The number of nitrogens with zero attached hydrogens (tertiary/aromatic N) is 1. The molecule has 1 heterocycles. The summed E-state index contributed by atoms with van der Waals surface area (Å²) in [5, 5.41) is 0. The molecule has 0 amide bonds. The Hall–Kier alpha value is -0.290. The zero-order valence-electron chi connectivity index (χ0n) is 7.37.